The minimum Gasteiger partial charge on any atom is -0.466 e. The van der Waals surface area contributed by atoms with Gasteiger partial charge in [0, 0.05) is 18.4 Å². The Bertz CT molecular complexity index is 604. The summed E-state index contributed by atoms with van der Waals surface area (Å²) in [5.41, 5.74) is 0.997. The molecule has 1 aromatic carbocycles. The van der Waals surface area contributed by atoms with Crippen molar-refractivity contribution in [3.63, 3.8) is 0 Å². The minimum absolute atomic E-state index is 0.795. The van der Waals surface area contributed by atoms with Gasteiger partial charge in [-0.2, -0.15) is 0 Å². The summed E-state index contributed by atoms with van der Waals surface area (Å²) in [4.78, 5) is 9.02. The zero-order chi connectivity index (χ0) is 11.7. The molecule has 0 saturated carbocycles. The first-order valence-electron chi connectivity index (χ1n) is 5.22. The van der Waals surface area contributed by atoms with E-state index in [1.54, 1.807) is 23.1 Å². The third kappa shape index (κ3) is 2.08. The van der Waals surface area contributed by atoms with E-state index in [0.717, 1.165) is 38.3 Å². The highest BCUT2D eigenvalue weighted by Gasteiger charge is 2.14. The summed E-state index contributed by atoms with van der Waals surface area (Å²) in [5.74, 6) is 1.86. The average Bonchev–Trinajstić information content (AvgIpc) is 2.97. The molecular formula is C12H10N2OS2. The lowest BCUT2D eigenvalue weighted by molar-refractivity contribution is 0.484. The van der Waals surface area contributed by atoms with Crippen LogP contribution in [0.4, 0.5) is 0 Å². The van der Waals surface area contributed by atoms with Gasteiger partial charge >= 0.3 is 0 Å². The summed E-state index contributed by atoms with van der Waals surface area (Å²) >= 11 is 3.43. The molecule has 0 unspecified atom stereocenters. The number of fused-ring (bicyclic) bond motifs is 1. The first-order valence-corrected chi connectivity index (χ1v) is 7.03. The maximum absolute atomic E-state index is 5.26. The number of benzene rings is 1. The Labute approximate surface area is 107 Å². The van der Waals surface area contributed by atoms with E-state index in [4.69, 9.17) is 4.74 Å². The highest BCUT2D eigenvalue weighted by molar-refractivity contribution is 8.15. The first-order chi connectivity index (χ1) is 8.36. The van der Waals surface area contributed by atoms with Crippen LogP contribution < -0.4 is 4.74 Å². The second kappa shape index (κ2) is 4.50. The van der Waals surface area contributed by atoms with Gasteiger partial charge in [-0.3, -0.25) is 4.99 Å². The molecular weight excluding hydrogens is 252 g/mol. The highest BCUT2D eigenvalue weighted by atomic mass is 32.2. The molecule has 0 spiro atoms. The van der Waals surface area contributed by atoms with Gasteiger partial charge < -0.3 is 4.74 Å². The van der Waals surface area contributed by atoms with Crippen LogP contribution in [0.2, 0.25) is 0 Å². The molecule has 0 fully saturated rings. The molecule has 1 aromatic heterocycles. The van der Waals surface area contributed by atoms with Crippen molar-refractivity contribution < 1.29 is 4.74 Å². The Morgan fingerprint density at radius 1 is 1.41 bits per heavy atom. The van der Waals surface area contributed by atoms with Crippen LogP contribution in [0.15, 0.2) is 36.0 Å². The lowest BCUT2D eigenvalue weighted by Gasteiger charge is -1.97. The summed E-state index contributed by atoms with van der Waals surface area (Å²) in [7, 11) is 0. The van der Waals surface area contributed by atoms with Crippen LogP contribution in [0.25, 0.3) is 10.2 Å². The van der Waals surface area contributed by atoms with E-state index in [1.807, 2.05) is 18.2 Å². The van der Waals surface area contributed by atoms with Gasteiger partial charge in [0.15, 0.2) is 0 Å². The lowest BCUT2D eigenvalue weighted by Crippen LogP contribution is -1.88. The van der Waals surface area contributed by atoms with Crippen LogP contribution in [-0.4, -0.2) is 22.3 Å². The van der Waals surface area contributed by atoms with Crippen molar-refractivity contribution in [3.8, 4) is 5.75 Å². The Morgan fingerprint density at radius 2 is 2.35 bits per heavy atom. The molecule has 0 N–H and O–H groups in total. The molecule has 1 aliphatic heterocycles. The van der Waals surface area contributed by atoms with E-state index in [1.165, 1.54) is 6.26 Å². The topological polar surface area (TPSA) is 34.5 Å². The van der Waals surface area contributed by atoms with Crippen molar-refractivity contribution in [2.24, 2.45) is 4.99 Å². The Balaban J connectivity index is 2.03. The van der Waals surface area contributed by atoms with Gasteiger partial charge in [0.2, 0.25) is 0 Å². The largest absolute Gasteiger partial charge is 0.466 e. The quantitative estimate of drug-likeness (QED) is 0.796. The van der Waals surface area contributed by atoms with E-state index >= 15 is 0 Å². The third-order valence-corrected chi connectivity index (χ3v) is 4.48. The SMILES string of the molecule is C=COc1ccc2nc(C3=NCCS3)sc2c1. The molecule has 0 bridgehead atoms. The number of nitrogens with zero attached hydrogens (tertiary/aromatic N) is 2. The molecule has 3 nitrogen and oxygen atoms in total. The fourth-order valence-corrected chi connectivity index (χ4v) is 3.56. The van der Waals surface area contributed by atoms with Crippen LogP contribution in [0.3, 0.4) is 0 Å². The summed E-state index contributed by atoms with van der Waals surface area (Å²) in [6.45, 7) is 4.45. The number of hydrogen-bond donors (Lipinski definition) is 0. The summed E-state index contributed by atoms with van der Waals surface area (Å²) in [5, 5.41) is 2.08. The summed E-state index contributed by atoms with van der Waals surface area (Å²) in [6.07, 6.45) is 1.43. The molecule has 17 heavy (non-hydrogen) atoms. The van der Waals surface area contributed by atoms with Gasteiger partial charge in [0.05, 0.1) is 16.5 Å². The molecule has 0 aliphatic carbocycles. The van der Waals surface area contributed by atoms with Crippen molar-refractivity contribution in [2.45, 2.75) is 0 Å². The van der Waals surface area contributed by atoms with E-state index in [-0.39, 0.29) is 0 Å². The molecule has 0 amide bonds. The predicted octanol–water partition coefficient (Wildman–Crippen LogP) is 3.31. The molecule has 1 aliphatic rings. The molecule has 0 atom stereocenters. The third-order valence-electron chi connectivity index (χ3n) is 2.35. The standard InChI is InChI=1S/C12H10N2OS2/c1-2-15-8-3-4-9-10(7-8)17-12(14-9)11-13-5-6-16-11/h2-4,7H,1,5-6H2. The number of rotatable bonds is 3. The molecule has 2 aromatic rings. The second-order valence-electron chi connectivity index (χ2n) is 3.47. The van der Waals surface area contributed by atoms with Crippen molar-refractivity contribution in [2.75, 3.05) is 12.3 Å². The number of aromatic nitrogens is 1. The molecule has 0 saturated heterocycles. The molecule has 3 rings (SSSR count). The van der Waals surface area contributed by atoms with Gasteiger partial charge in [0.25, 0.3) is 0 Å². The maximum Gasteiger partial charge on any atom is 0.149 e. The van der Waals surface area contributed by atoms with Crippen molar-refractivity contribution in [1.82, 2.24) is 4.98 Å². The maximum atomic E-state index is 5.26. The number of ether oxygens (including phenoxy) is 1. The molecule has 2 heterocycles. The van der Waals surface area contributed by atoms with Gasteiger partial charge in [-0.25, -0.2) is 4.98 Å². The first kappa shape index (κ1) is 10.8. The van der Waals surface area contributed by atoms with Gasteiger partial charge in [-0.1, -0.05) is 6.58 Å². The number of thiazole rings is 1. The second-order valence-corrected chi connectivity index (χ2v) is 5.58. The smallest absolute Gasteiger partial charge is 0.149 e. The van der Waals surface area contributed by atoms with Gasteiger partial charge in [0.1, 0.15) is 15.8 Å². The van der Waals surface area contributed by atoms with Crippen LogP contribution in [0.1, 0.15) is 5.01 Å². The minimum atomic E-state index is 0.795. The van der Waals surface area contributed by atoms with E-state index in [2.05, 4.69) is 16.6 Å². The van der Waals surface area contributed by atoms with Crippen LogP contribution >= 0.6 is 23.1 Å². The zero-order valence-electron chi connectivity index (χ0n) is 9.05. The van der Waals surface area contributed by atoms with E-state index in [9.17, 15) is 0 Å². The zero-order valence-corrected chi connectivity index (χ0v) is 10.7. The Morgan fingerprint density at radius 3 is 3.12 bits per heavy atom. The van der Waals surface area contributed by atoms with Gasteiger partial charge in [-0.15, -0.1) is 23.1 Å². The van der Waals surface area contributed by atoms with E-state index in [0.29, 0.717) is 0 Å². The average molecular weight is 262 g/mol. The predicted molar refractivity (Wildman–Crippen MR) is 74.3 cm³/mol. The van der Waals surface area contributed by atoms with Crippen molar-refractivity contribution >= 4 is 38.4 Å². The van der Waals surface area contributed by atoms with Gasteiger partial charge in [-0.05, 0) is 12.1 Å². The van der Waals surface area contributed by atoms with E-state index < -0.39 is 0 Å². The van der Waals surface area contributed by atoms with Crippen LogP contribution in [0.5, 0.6) is 5.75 Å². The fraction of sp³-hybridized carbons (Fsp3) is 0.167. The normalized spacial score (nSPS) is 14.9. The fourth-order valence-electron chi connectivity index (χ4n) is 1.63. The highest BCUT2D eigenvalue weighted by Crippen LogP contribution is 2.30. The molecule has 86 valence electrons. The number of hydrogen-bond acceptors (Lipinski definition) is 5. The number of thioether (sulfide) groups is 1. The Kier molecular flexibility index (Phi) is 2.86. The van der Waals surface area contributed by atoms with Crippen LogP contribution in [-0.2, 0) is 0 Å². The summed E-state index contributed by atoms with van der Waals surface area (Å²) in [6, 6.07) is 5.85. The van der Waals surface area contributed by atoms with Crippen molar-refractivity contribution in [1.29, 1.82) is 0 Å². The van der Waals surface area contributed by atoms with Crippen LogP contribution in [0, 0.1) is 0 Å². The molecule has 5 heteroatoms. The monoisotopic (exact) mass is 262 g/mol. The molecule has 0 radical (unpaired) electrons. The summed E-state index contributed by atoms with van der Waals surface area (Å²) < 4.78 is 6.38. The Hall–Kier alpha value is -1.33. The van der Waals surface area contributed by atoms with Crippen molar-refractivity contribution in [3.05, 3.63) is 36.0 Å². The lowest BCUT2D eigenvalue weighted by atomic mass is 10.3. The number of aliphatic imine (C=N–C) groups is 1.